The van der Waals surface area contributed by atoms with Gasteiger partial charge in [0.1, 0.15) is 5.75 Å². The molecule has 0 N–H and O–H groups in total. The van der Waals surface area contributed by atoms with Crippen LogP contribution in [0.25, 0.3) is 0 Å². The third-order valence-corrected chi connectivity index (χ3v) is 7.54. The molecule has 2 nitrogen and oxygen atoms in total. The summed E-state index contributed by atoms with van der Waals surface area (Å²) in [5.74, 6) is 0.835. The van der Waals surface area contributed by atoms with E-state index in [1.54, 1.807) is 0 Å². The topological polar surface area (TPSA) is 26.3 Å². The van der Waals surface area contributed by atoms with Gasteiger partial charge in [-0.2, -0.15) is 0 Å². The number of hydrogen-bond acceptors (Lipinski definition) is 2. The molecule has 1 aromatic rings. The molecule has 0 saturated heterocycles. The van der Waals surface area contributed by atoms with E-state index in [1.165, 1.54) is 100 Å². The van der Waals surface area contributed by atoms with Gasteiger partial charge >= 0.3 is 5.97 Å². The summed E-state index contributed by atoms with van der Waals surface area (Å²) < 4.78 is 5.90. The minimum absolute atomic E-state index is 0.0305. The lowest BCUT2D eigenvalue weighted by atomic mass is 9.79. The number of carbonyl (C=O) groups excluding carboxylic acids is 1. The lowest BCUT2D eigenvalue weighted by Gasteiger charge is -2.27. The first-order valence-electron chi connectivity index (χ1n) is 13.9. The highest BCUT2D eigenvalue weighted by molar-refractivity contribution is 5.75. The Bertz CT molecular complexity index is 674. The summed E-state index contributed by atoms with van der Waals surface area (Å²) in [4.78, 5) is 12.2. The number of carbonyl (C=O) groups is 1. The number of esters is 1. The Morgan fingerprint density at radius 2 is 1.34 bits per heavy atom. The Hall–Kier alpha value is -1.31. The molecule has 0 amide bonds. The number of benzene rings is 1. The monoisotopic (exact) mass is 442 g/mol. The van der Waals surface area contributed by atoms with E-state index in [1.807, 2.05) is 0 Å². The number of aryl methyl sites for hydroxylation is 1. The molecule has 1 heterocycles. The summed E-state index contributed by atoms with van der Waals surface area (Å²) in [6, 6.07) is 4.56. The number of hydrogen-bond donors (Lipinski definition) is 0. The second-order valence-electron chi connectivity index (χ2n) is 10.6. The van der Waals surface area contributed by atoms with Crippen LogP contribution >= 0.6 is 0 Å². The summed E-state index contributed by atoms with van der Waals surface area (Å²) in [5, 5.41) is 0. The van der Waals surface area contributed by atoms with Gasteiger partial charge in [0.2, 0.25) is 0 Å². The lowest BCUT2D eigenvalue weighted by molar-refractivity contribution is -0.134. The van der Waals surface area contributed by atoms with Crippen LogP contribution in [0, 0.1) is 0 Å². The summed E-state index contributed by atoms with van der Waals surface area (Å²) in [6.07, 6.45) is 22.6. The molecule has 2 heteroatoms. The SMILES string of the molecule is CCCCCCCCCCCCCCCc1ccc(C(C)(C)CC)c2c1CCCC(=O)O2. The van der Waals surface area contributed by atoms with Crippen LogP contribution in [0.15, 0.2) is 12.1 Å². The molecule has 1 aliphatic heterocycles. The average molecular weight is 443 g/mol. The molecule has 0 atom stereocenters. The molecule has 2 rings (SSSR count). The van der Waals surface area contributed by atoms with Crippen LogP contribution in [-0.2, 0) is 23.1 Å². The molecule has 0 spiro atoms. The highest BCUT2D eigenvalue weighted by Gasteiger charge is 2.28. The molecule has 32 heavy (non-hydrogen) atoms. The molecular weight excluding hydrogens is 392 g/mol. The maximum Gasteiger partial charge on any atom is 0.311 e. The van der Waals surface area contributed by atoms with Crippen molar-refractivity contribution < 1.29 is 9.53 Å². The standard InChI is InChI=1S/C30H50O2/c1-5-7-8-9-10-11-12-13-14-15-16-17-18-20-25-23-24-27(30(3,4)6-2)29-26(25)21-19-22-28(31)32-29/h23-24H,5-22H2,1-4H3. The minimum Gasteiger partial charge on any atom is -0.426 e. The van der Waals surface area contributed by atoms with E-state index in [0.717, 1.165) is 31.4 Å². The Labute approximate surface area is 198 Å². The van der Waals surface area contributed by atoms with Gasteiger partial charge in [0.15, 0.2) is 0 Å². The molecule has 1 aromatic carbocycles. The highest BCUT2D eigenvalue weighted by Crippen LogP contribution is 2.40. The van der Waals surface area contributed by atoms with Crippen molar-refractivity contribution in [2.75, 3.05) is 0 Å². The molecule has 0 unspecified atom stereocenters. The van der Waals surface area contributed by atoms with E-state index in [0.29, 0.717) is 6.42 Å². The smallest absolute Gasteiger partial charge is 0.311 e. The molecule has 0 radical (unpaired) electrons. The van der Waals surface area contributed by atoms with E-state index in [2.05, 4.69) is 39.8 Å². The molecule has 1 aliphatic rings. The van der Waals surface area contributed by atoms with Crippen molar-refractivity contribution in [1.82, 2.24) is 0 Å². The van der Waals surface area contributed by atoms with Crippen molar-refractivity contribution >= 4 is 5.97 Å². The minimum atomic E-state index is -0.0602. The summed E-state index contributed by atoms with van der Waals surface area (Å²) in [7, 11) is 0. The predicted octanol–water partition coefficient (Wildman–Crippen LogP) is 9.25. The van der Waals surface area contributed by atoms with E-state index < -0.39 is 0 Å². The second-order valence-corrected chi connectivity index (χ2v) is 10.6. The zero-order chi connectivity index (χ0) is 23.2. The maximum atomic E-state index is 12.2. The maximum absolute atomic E-state index is 12.2. The molecular formula is C30H50O2. The zero-order valence-electron chi connectivity index (χ0n) is 21.7. The third kappa shape index (κ3) is 8.91. The molecule has 0 fully saturated rings. The predicted molar refractivity (Wildman–Crippen MR) is 138 cm³/mol. The van der Waals surface area contributed by atoms with E-state index in [-0.39, 0.29) is 11.4 Å². The van der Waals surface area contributed by atoms with E-state index in [9.17, 15) is 4.79 Å². The third-order valence-electron chi connectivity index (χ3n) is 7.54. The zero-order valence-corrected chi connectivity index (χ0v) is 21.7. The summed E-state index contributed by atoms with van der Waals surface area (Å²) in [5.41, 5.74) is 3.96. The van der Waals surface area contributed by atoms with Crippen LogP contribution in [0.1, 0.15) is 147 Å². The van der Waals surface area contributed by atoms with Gasteiger partial charge in [-0.05, 0) is 48.6 Å². The van der Waals surface area contributed by atoms with E-state index in [4.69, 9.17) is 4.74 Å². The second kappa shape index (κ2) is 14.8. The first-order chi connectivity index (χ1) is 15.5. The van der Waals surface area contributed by atoms with Crippen LogP contribution in [0.5, 0.6) is 5.75 Å². The van der Waals surface area contributed by atoms with Crippen LogP contribution < -0.4 is 4.74 Å². The highest BCUT2D eigenvalue weighted by atomic mass is 16.5. The Morgan fingerprint density at radius 3 is 1.91 bits per heavy atom. The van der Waals surface area contributed by atoms with E-state index >= 15 is 0 Å². The fourth-order valence-corrected chi connectivity index (χ4v) is 4.92. The van der Waals surface area contributed by atoms with Gasteiger partial charge < -0.3 is 4.74 Å². The fourth-order valence-electron chi connectivity index (χ4n) is 4.92. The van der Waals surface area contributed by atoms with Gasteiger partial charge in [-0.25, -0.2) is 0 Å². The molecule has 0 aliphatic carbocycles. The van der Waals surface area contributed by atoms with Gasteiger partial charge in [-0.15, -0.1) is 0 Å². The molecule has 0 bridgehead atoms. The van der Waals surface area contributed by atoms with Crippen LogP contribution in [0.3, 0.4) is 0 Å². The molecule has 0 saturated carbocycles. The van der Waals surface area contributed by atoms with Gasteiger partial charge in [-0.1, -0.05) is 117 Å². The summed E-state index contributed by atoms with van der Waals surface area (Å²) in [6.45, 7) is 9.02. The van der Waals surface area contributed by atoms with Gasteiger partial charge in [-0.3, -0.25) is 4.79 Å². The summed E-state index contributed by atoms with van der Waals surface area (Å²) >= 11 is 0. The van der Waals surface area contributed by atoms with Crippen molar-refractivity contribution in [2.24, 2.45) is 0 Å². The van der Waals surface area contributed by atoms with Crippen LogP contribution in [0.4, 0.5) is 0 Å². The number of ether oxygens (including phenoxy) is 1. The Morgan fingerprint density at radius 1 is 0.781 bits per heavy atom. The molecule has 0 aromatic heterocycles. The first-order valence-corrected chi connectivity index (χ1v) is 13.9. The first kappa shape index (κ1) is 26.9. The van der Waals surface area contributed by atoms with Gasteiger partial charge in [0.05, 0.1) is 0 Å². The fraction of sp³-hybridized carbons (Fsp3) is 0.767. The van der Waals surface area contributed by atoms with Crippen molar-refractivity contribution in [2.45, 2.75) is 149 Å². The largest absolute Gasteiger partial charge is 0.426 e. The number of unbranched alkanes of at least 4 members (excludes halogenated alkanes) is 12. The number of rotatable bonds is 16. The Balaban J connectivity index is 1.73. The number of fused-ring (bicyclic) bond motifs is 1. The average Bonchev–Trinajstić information content (AvgIpc) is 2.98. The van der Waals surface area contributed by atoms with Crippen LogP contribution in [-0.4, -0.2) is 5.97 Å². The van der Waals surface area contributed by atoms with Crippen molar-refractivity contribution in [3.63, 3.8) is 0 Å². The Kier molecular flexibility index (Phi) is 12.4. The lowest BCUT2D eigenvalue weighted by Crippen LogP contribution is -2.19. The van der Waals surface area contributed by atoms with Crippen molar-refractivity contribution in [3.05, 3.63) is 28.8 Å². The van der Waals surface area contributed by atoms with Gasteiger partial charge in [0, 0.05) is 12.0 Å². The quantitative estimate of drug-likeness (QED) is 0.145. The molecule has 182 valence electrons. The van der Waals surface area contributed by atoms with Crippen LogP contribution in [0.2, 0.25) is 0 Å². The van der Waals surface area contributed by atoms with Crippen molar-refractivity contribution in [1.29, 1.82) is 0 Å². The van der Waals surface area contributed by atoms with Gasteiger partial charge in [0.25, 0.3) is 0 Å². The normalized spacial score (nSPS) is 14.2. The van der Waals surface area contributed by atoms with Crippen molar-refractivity contribution in [3.8, 4) is 5.75 Å².